The van der Waals surface area contributed by atoms with Crippen molar-refractivity contribution in [2.45, 2.75) is 36.2 Å². The van der Waals surface area contributed by atoms with Gasteiger partial charge in [-0.25, -0.2) is 0 Å². The quantitative estimate of drug-likeness (QED) is 0.337. The summed E-state index contributed by atoms with van der Waals surface area (Å²) in [5.74, 6) is 1.55. The van der Waals surface area contributed by atoms with E-state index in [9.17, 15) is 4.79 Å². The highest BCUT2D eigenvalue weighted by molar-refractivity contribution is 7.98. The standard InChI is InChI=1S/C28H28N4O2S/c33-28(29-23-15-17-32(18-16-23)19-21-7-3-1-4-8-21)26-13-11-24(34-26)20-35-27-14-12-25(30-31-27)22-9-5-2-6-10-22/h1-14,23H,15-20H2,(H,29,33). The van der Waals surface area contributed by atoms with Gasteiger partial charge in [-0.1, -0.05) is 72.4 Å². The number of benzene rings is 2. The first kappa shape index (κ1) is 23.3. The van der Waals surface area contributed by atoms with Crippen molar-refractivity contribution in [3.63, 3.8) is 0 Å². The Morgan fingerprint density at radius 1 is 0.914 bits per heavy atom. The molecule has 1 saturated heterocycles. The minimum absolute atomic E-state index is 0.144. The van der Waals surface area contributed by atoms with Gasteiger partial charge in [0.05, 0.1) is 11.4 Å². The Balaban J connectivity index is 1.07. The average molecular weight is 485 g/mol. The van der Waals surface area contributed by atoms with Gasteiger partial charge >= 0.3 is 0 Å². The Labute approximate surface area is 209 Å². The number of furan rings is 1. The molecule has 1 N–H and O–H groups in total. The normalized spacial score (nSPS) is 14.6. The van der Waals surface area contributed by atoms with E-state index in [1.54, 1.807) is 6.07 Å². The molecule has 1 aliphatic heterocycles. The van der Waals surface area contributed by atoms with Gasteiger partial charge in [0.1, 0.15) is 10.8 Å². The molecule has 4 aromatic rings. The zero-order valence-electron chi connectivity index (χ0n) is 19.5. The lowest BCUT2D eigenvalue weighted by Crippen LogP contribution is -2.44. The van der Waals surface area contributed by atoms with E-state index in [1.165, 1.54) is 17.3 Å². The molecule has 1 aliphatic rings. The van der Waals surface area contributed by atoms with Gasteiger partial charge in [0.25, 0.3) is 5.91 Å². The number of nitrogens with one attached hydrogen (secondary N) is 1. The largest absolute Gasteiger partial charge is 0.455 e. The minimum atomic E-state index is -0.144. The number of hydrogen-bond acceptors (Lipinski definition) is 6. The van der Waals surface area contributed by atoms with Crippen LogP contribution in [0.3, 0.4) is 0 Å². The second-order valence-electron chi connectivity index (χ2n) is 8.69. The lowest BCUT2D eigenvalue weighted by atomic mass is 10.0. The number of nitrogens with zero attached hydrogens (tertiary/aromatic N) is 3. The van der Waals surface area contributed by atoms with Crippen LogP contribution < -0.4 is 5.32 Å². The van der Waals surface area contributed by atoms with Crippen molar-refractivity contribution in [1.82, 2.24) is 20.4 Å². The van der Waals surface area contributed by atoms with Gasteiger partial charge < -0.3 is 9.73 Å². The fraction of sp³-hybridized carbons (Fsp3) is 0.250. The summed E-state index contributed by atoms with van der Waals surface area (Å²) in [5, 5.41) is 12.6. The lowest BCUT2D eigenvalue weighted by molar-refractivity contribution is 0.0879. The number of piperidine rings is 1. The molecular weight excluding hydrogens is 456 g/mol. The van der Waals surface area contributed by atoms with Crippen molar-refractivity contribution in [3.05, 3.63) is 102 Å². The van der Waals surface area contributed by atoms with Crippen LogP contribution in [0.25, 0.3) is 11.3 Å². The first-order chi connectivity index (χ1) is 17.2. The van der Waals surface area contributed by atoms with Crippen molar-refractivity contribution in [2.75, 3.05) is 13.1 Å². The maximum Gasteiger partial charge on any atom is 0.287 e. The van der Waals surface area contributed by atoms with Crippen LogP contribution in [0, 0.1) is 0 Å². The third kappa shape index (κ3) is 6.38. The predicted molar refractivity (Wildman–Crippen MR) is 138 cm³/mol. The third-order valence-corrected chi connectivity index (χ3v) is 7.07. The molecule has 7 heteroatoms. The molecule has 0 spiro atoms. The molecule has 178 valence electrons. The highest BCUT2D eigenvalue weighted by Gasteiger charge is 2.22. The Bertz CT molecular complexity index is 1220. The molecular formula is C28H28N4O2S. The van der Waals surface area contributed by atoms with E-state index in [2.05, 4.69) is 44.7 Å². The molecule has 0 radical (unpaired) electrons. The number of thioether (sulfide) groups is 1. The fourth-order valence-corrected chi connectivity index (χ4v) is 4.92. The van der Waals surface area contributed by atoms with E-state index in [0.717, 1.165) is 54.5 Å². The van der Waals surface area contributed by atoms with Crippen LogP contribution in [0.1, 0.15) is 34.7 Å². The maximum absolute atomic E-state index is 12.7. The average Bonchev–Trinajstić information content (AvgIpc) is 3.39. The summed E-state index contributed by atoms with van der Waals surface area (Å²) >= 11 is 1.53. The molecule has 2 aromatic heterocycles. The molecule has 1 fully saturated rings. The SMILES string of the molecule is O=C(NC1CCN(Cc2ccccc2)CC1)c1ccc(CSc2ccc(-c3ccccc3)nn2)o1. The number of carbonyl (C=O) groups is 1. The second kappa shape index (κ2) is 11.3. The van der Waals surface area contributed by atoms with E-state index in [4.69, 9.17) is 4.42 Å². The Kier molecular flexibility index (Phi) is 7.56. The van der Waals surface area contributed by atoms with Gasteiger partial charge in [-0.2, -0.15) is 0 Å². The Morgan fingerprint density at radius 3 is 2.37 bits per heavy atom. The number of likely N-dealkylation sites (tertiary alicyclic amines) is 1. The minimum Gasteiger partial charge on any atom is -0.455 e. The second-order valence-corrected chi connectivity index (χ2v) is 9.68. The zero-order valence-corrected chi connectivity index (χ0v) is 20.3. The van der Waals surface area contributed by atoms with Crippen LogP contribution in [0.4, 0.5) is 0 Å². The van der Waals surface area contributed by atoms with Gasteiger partial charge in [-0.05, 0) is 42.7 Å². The van der Waals surface area contributed by atoms with Crippen LogP contribution in [0.2, 0.25) is 0 Å². The Morgan fingerprint density at radius 2 is 1.66 bits per heavy atom. The van der Waals surface area contributed by atoms with Crippen molar-refractivity contribution in [2.24, 2.45) is 0 Å². The number of aromatic nitrogens is 2. The molecule has 0 saturated carbocycles. The molecule has 6 nitrogen and oxygen atoms in total. The number of hydrogen-bond donors (Lipinski definition) is 1. The molecule has 0 atom stereocenters. The highest BCUT2D eigenvalue weighted by atomic mass is 32.2. The highest BCUT2D eigenvalue weighted by Crippen LogP contribution is 2.24. The molecule has 35 heavy (non-hydrogen) atoms. The van der Waals surface area contributed by atoms with Crippen molar-refractivity contribution >= 4 is 17.7 Å². The summed E-state index contributed by atoms with van der Waals surface area (Å²) in [6, 6.07) is 28.2. The van der Waals surface area contributed by atoms with E-state index in [1.807, 2.05) is 54.6 Å². The van der Waals surface area contributed by atoms with E-state index >= 15 is 0 Å². The van der Waals surface area contributed by atoms with Gasteiger partial charge in [0.2, 0.25) is 0 Å². The van der Waals surface area contributed by atoms with Gasteiger partial charge in [0.15, 0.2) is 5.76 Å². The molecule has 5 rings (SSSR count). The van der Waals surface area contributed by atoms with Crippen molar-refractivity contribution in [3.8, 4) is 11.3 Å². The van der Waals surface area contributed by atoms with E-state index < -0.39 is 0 Å². The van der Waals surface area contributed by atoms with Crippen LogP contribution in [-0.2, 0) is 12.3 Å². The van der Waals surface area contributed by atoms with E-state index in [0.29, 0.717) is 11.5 Å². The molecule has 1 amide bonds. The number of carbonyl (C=O) groups excluding carboxylic acids is 1. The topological polar surface area (TPSA) is 71.3 Å². The summed E-state index contributed by atoms with van der Waals surface area (Å²) in [7, 11) is 0. The van der Waals surface area contributed by atoms with Crippen LogP contribution in [0.5, 0.6) is 0 Å². The number of rotatable bonds is 8. The Hall–Kier alpha value is -3.42. The third-order valence-electron chi connectivity index (χ3n) is 6.13. The van der Waals surface area contributed by atoms with Gasteiger partial charge in [-0.3, -0.25) is 9.69 Å². The molecule has 3 heterocycles. The van der Waals surface area contributed by atoms with Gasteiger partial charge in [-0.15, -0.1) is 10.2 Å². The summed E-state index contributed by atoms with van der Waals surface area (Å²) in [4.78, 5) is 15.1. The number of amides is 1. The molecule has 2 aromatic carbocycles. The summed E-state index contributed by atoms with van der Waals surface area (Å²) in [5.41, 5.74) is 3.21. The van der Waals surface area contributed by atoms with E-state index in [-0.39, 0.29) is 11.9 Å². The molecule has 0 unspecified atom stereocenters. The van der Waals surface area contributed by atoms with Crippen LogP contribution in [-0.4, -0.2) is 40.1 Å². The summed E-state index contributed by atoms with van der Waals surface area (Å²) < 4.78 is 5.81. The van der Waals surface area contributed by atoms with Crippen molar-refractivity contribution in [1.29, 1.82) is 0 Å². The van der Waals surface area contributed by atoms with Gasteiger partial charge in [0, 0.05) is 31.2 Å². The fourth-order valence-electron chi connectivity index (χ4n) is 4.22. The smallest absolute Gasteiger partial charge is 0.287 e. The first-order valence-corrected chi connectivity index (χ1v) is 12.9. The summed E-state index contributed by atoms with van der Waals surface area (Å²) in [6.45, 7) is 2.91. The maximum atomic E-state index is 12.7. The lowest BCUT2D eigenvalue weighted by Gasteiger charge is -2.32. The predicted octanol–water partition coefficient (Wildman–Crippen LogP) is 5.42. The van der Waals surface area contributed by atoms with Crippen molar-refractivity contribution < 1.29 is 9.21 Å². The van der Waals surface area contributed by atoms with Crippen LogP contribution >= 0.6 is 11.8 Å². The van der Waals surface area contributed by atoms with Crippen LogP contribution in [0.15, 0.2) is 94.4 Å². The monoisotopic (exact) mass is 484 g/mol. The summed E-state index contributed by atoms with van der Waals surface area (Å²) in [6.07, 6.45) is 1.89. The molecule has 0 aliphatic carbocycles. The zero-order chi connectivity index (χ0) is 23.9. The molecule has 0 bridgehead atoms. The first-order valence-electron chi connectivity index (χ1n) is 11.9.